The van der Waals surface area contributed by atoms with Crippen LogP contribution in [0.15, 0.2) is 82.4 Å². The minimum Gasteiger partial charge on any atom is -0.478 e. The van der Waals surface area contributed by atoms with Crippen LogP contribution in [0.1, 0.15) is 66.4 Å². The van der Waals surface area contributed by atoms with E-state index in [-0.39, 0.29) is 50.9 Å². The maximum Gasteiger partial charge on any atom is 0.337 e. The number of nitrogens with zero attached hydrogens (tertiary/aromatic N) is 4. The van der Waals surface area contributed by atoms with Gasteiger partial charge in [0.15, 0.2) is 0 Å². The number of carboxylic acids is 1. The Kier molecular flexibility index (Phi) is 11.2. The molecule has 4 aromatic carbocycles. The van der Waals surface area contributed by atoms with Crippen molar-refractivity contribution in [2.75, 3.05) is 33.3 Å². The predicted octanol–water partition coefficient (Wildman–Crippen LogP) is 6.93. The lowest BCUT2D eigenvalue weighted by atomic mass is 10.2. The number of fused-ring (bicyclic) bond motifs is 2. The number of rotatable bonds is 6. The second-order valence-electron chi connectivity index (χ2n) is 13.5. The van der Waals surface area contributed by atoms with Gasteiger partial charge in [-0.3, -0.25) is 18.7 Å². The highest BCUT2D eigenvalue weighted by Crippen LogP contribution is 2.30. The van der Waals surface area contributed by atoms with Crippen molar-refractivity contribution in [1.82, 2.24) is 28.9 Å². The van der Waals surface area contributed by atoms with Crippen LogP contribution in [-0.4, -0.2) is 91.1 Å². The number of hydrogen-bond donors (Lipinski definition) is 3. The molecule has 0 radical (unpaired) electrons. The largest absolute Gasteiger partial charge is 0.478 e. The van der Waals surface area contributed by atoms with E-state index in [0.29, 0.717) is 87.8 Å². The van der Waals surface area contributed by atoms with Crippen molar-refractivity contribution in [2.45, 2.75) is 24.9 Å². The van der Waals surface area contributed by atoms with Crippen LogP contribution in [0.4, 0.5) is 0 Å². The zero-order valence-electron chi connectivity index (χ0n) is 29.9. The number of halogens is 4. The summed E-state index contributed by atoms with van der Waals surface area (Å²) >= 11 is 24.1. The summed E-state index contributed by atoms with van der Waals surface area (Å²) in [6.07, 6.45) is 1.17. The van der Waals surface area contributed by atoms with Crippen LogP contribution in [0.2, 0.25) is 20.1 Å². The van der Waals surface area contributed by atoms with Gasteiger partial charge in [-0.1, -0.05) is 46.4 Å². The number of aromatic amines is 2. The Bertz CT molecular complexity index is 2720. The molecule has 14 nitrogen and oxygen atoms in total. The number of imidazole rings is 2. The first-order valence-corrected chi connectivity index (χ1v) is 19.0. The fraction of sp³-hybridized carbons (Fsp3) is 0.231. The van der Waals surface area contributed by atoms with Crippen molar-refractivity contribution in [2.24, 2.45) is 0 Å². The number of benzene rings is 4. The van der Waals surface area contributed by atoms with Gasteiger partial charge in [0.25, 0.3) is 11.8 Å². The third kappa shape index (κ3) is 7.90. The molecule has 0 bridgehead atoms. The molecule has 2 saturated heterocycles. The fourth-order valence-electron chi connectivity index (χ4n) is 7.29. The Morgan fingerprint density at radius 2 is 1.09 bits per heavy atom. The molecule has 2 aliphatic rings. The first-order valence-electron chi connectivity index (χ1n) is 17.5. The van der Waals surface area contributed by atoms with Crippen molar-refractivity contribution in [1.29, 1.82) is 0 Å². The van der Waals surface area contributed by atoms with Gasteiger partial charge in [0.05, 0.1) is 73.6 Å². The summed E-state index contributed by atoms with van der Waals surface area (Å²) in [7, 11) is 1.30. The van der Waals surface area contributed by atoms with Gasteiger partial charge in [-0.2, -0.15) is 0 Å². The molecule has 294 valence electrons. The number of likely N-dealkylation sites (tertiary alicyclic amines) is 2. The van der Waals surface area contributed by atoms with E-state index < -0.39 is 11.9 Å². The quantitative estimate of drug-likeness (QED) is 0.151. The van der Waals surface area contributed by atoms with E-state index in [1.807, 2.05) is 0 Å². The van der Waals surface area contributed by atoms with E-state index in [1.54, 1.807) is 62.9 Å². The number of esters is 1. The fourth-order valence-corrected chi connectivity index (χ4v) is 8.27. The van der Waals surface area contributed by atoms with Crippen LogP contribution < -0.4 is 11.4 Å². The number of ether oxygens (including phenoxy) is 1. The average molecular weight is 855 g/mol. The molecule has 0 spiro atoms. The van der Waals surface area contributed by atoms with Gasteiger partial charge in [0.1, 0.15) is 0 Å². The first kappa shape index (κ1) is 39.7. The number of methoxy groups -OCH3 is 1. The molecule has 8 rings (SSSR count). The van der Waals surface area contributed by atoms with Crippen molar-refractivity contribution >= 4 is 92.2 Å². The Morgan fingerprint density at radius 1 is 0.649 bits per heavy atom. The molecule has 2 atom stereocenters. The standard InChI is InChI=1S/C20H17Cl2N3O4.C19H15Cl2N3O4/c1-29-19(27)11-2-5-16-17(8-11)25(20(28)23-16)13-6-7-24(10-13)18(26)14-4-3-12(21)9-15(14)22;20-11-2-3-13(14(21)8-11)17(25)23-6-5-12(9-23)24-16-7-10(18(26)27)1-4-15(16)22-19(24)28/h2-5,8-9,13H,6-7,10H2,1H3,(H,23,28);1-4,7-8,12H,5-6,9H2,(H,22,28)(H,26,27)/t13-;12-/m00/s1. The molecule has 2 fully saturated rings. The molecule has 0 saturated carbocycles. The number of hydrogen-bond acceptors (Lipinski definition) is 7. The number of carbonyl (C=O) groups is 4. The van der Waals surface area contributed by atoms with E-state index >= 15 is 0 Å². The minimum absolute atomic E-state index is 0.0964. The summed E-state index contributed by atoms with van der Waals surface area (Å²) in [6, 6.07) is 18.3. The normalized spacial score (nSPS) is 16.5. The second kappa shape index (κ2) is 16.1. The van der Waals surface area contributed by atoms with Crippen molar-refractivity contribution in [3.8, 4) is 0 Å². The second-order valence-corrected chi connectivity index (χ2v) is 15.2. The lowest BCUT2D eigenvalue weighted by molar-refractivity contribution is 0.0599. The average Bonchev–Trinajstić information content (AvgIpc) is 3.98. The molecule has 2 aromatic heterocycles. The van der Waals surface area contributed by atoms with Crippen molar-refractivity contribution in [3.63, 3.8) is 0 Å². The Labute approximate surface area is 343 Å². The maximum absolute atomic E-state index is 12.9. The Morgan fingerprint density at radius 3 is 1.51 bits per heavy atom. The van der Waals surface area contributed by atoms with E-state index in [1.165, 1.54) is 35.9 Å². The molecule has 18 heteroatoms. The summed E-state index contributed by atoms with van der Waals surface area (Å²) in [6.45, 7) is 1.62. The summed E-state index contributed by atoms with van der Waals surface area (Å²) in [5.41, 5.74) is 2.84. The van der Waals surface area contributed by atoms with E-state index in [4.69, 9.17) is 51.1 Å². The number of aromatic nitrogens is 4. The van der Waals surface area contributed by atoms with Crippen LogP contribution in [0.25, 0.3) is 22.1 Å². The molecule has 6 aromatic rings. The summed E-state index contributed by atoms with van der Waals surface area (Å²) < 4.78 is 7.89. The Balaban J connectivity index is 0.000000174. The molecule has 2 aliphatic heterocycles. The van der Waals surface area contributed by atoms with Crippen molar-refractivity contribution in [3.05, 3.63) is 136 Å². The third-order valence-corrected chi connectivity index (χ3v) is 11.2. The van der Waals surface area contributed by atoms with Gasteiger partial charge in [-0.15, -0.1) is 0 Å². The molecule has 4 heterocycles. The first-order chi connectivity index (χ1) is 27.2. The molecular formula is C39H32Cl4N6O8. The van der Waals surface area contributed by atoms with Gasteiger partial charge < -0.3 is 29.6 Å². The van der Waals surface area contributed by atoms with Crippen LogP contribution in [0, 0.1) is 0 Å². The van der Waals surface area contributed by atoms with Gasteiger partial charge in [0, 0.05) is 36.2 Å². The number of nitrogens with one attached hydrogen (secondary N) is 2. The Hall–Kier alpha value is -5.54. The van der Waals surface area contributed by atoms with Crippen LogP contribution in [0.5, 0.6) is 0 Å². The highest BCUT2D eigenvalue weighted by molar-refractivity contribution is 6.37. The topological polar surface area (TPSA) is 180 Å². The summed E-state index contributed by atoms with van der Waals surface area (Å²) in [4.78, 5) is 82.7. The molecule has 0 unspecified atom stereocenters. The van der Waals surface area contributed by atoms with Gasteiger partial charge in [-0.05, 0) is 85.6 Å². The monoisotopic (exact) mass is 852 g/mol. The minimum atomic E-state index is -1.07. The van der Waals surface area contributed by atoms with Crippen molar-refractivity contribution < 1.29 is 29.0 Å². The number of amides is 2. The van der Waals surface area contributed by atoms with Crippen LogP contribution in [0.3, 0.4) is 0 Å². The van der Waals surface area contributed by atoms with Gasteiger partial charge in [0.2, 0.25) is 0 Å². The summed E-state index contributed by atoms with van der Waals surface area (Å²) in [5, 5.41) is 10.7. The summed E-state index contributed by atoms with van der Waals surface area (Å²) in [5.74, 6) is -1.99. The predicted molar refractivity (Wildman–Crippen MR) is 215 cm³/mol. The van der Waals surface area contributed by atoms with Gasteiger partial charge >= 0.3 is 23.3 Å². The third-order valence-electron chi connectivity index (χ3n) is 10.1. The number of aromatic carboxylic acids is 1. The molecule has 3 N–H and O–H groups in total. The number of carbonyl (C=O) groups excluding carboxylic acids is 3. The van der Waals surface area contributed by atoms with Gasteiger partial charge in [-0.25, -0.2) is 19.2 Å². The van der Waals surface area contributed by atoms with Crippen LogP contribution in [-0.2, 0) is 4.74 Å². The number of carboxylic acid groups (broad SMARTS) is 1. The molecule has 57 heavy (non-hydrogen) atoms. The highest BCUT2D eigenvalue weighted by Gasteiger charge is 2.32. The molecular weight excluding hydrogens is 822 g/mol. The molecule has 0 aliphatic carbocycles. The highest BCUT2D eigenvalue weighted by atomic mass is 35.5. The lowest BCUT2D eigenvalue weighted by Gasteiger charge is -2.18. The maximum atomic E-state index is 12.9. The SMILES string of the molecule is COC(=O)c1ccc2[nH]c(=O)n([C@H]3CCN(C(=O)c4ccc(Cl)cc4Cl)C3)c2c1.O=C(O)c1ccc2[nH]c(=O)n([C@H]3CCN(C(=O)c4ccc(Cl)cc4Cl)C3)c2c1. The van der Waals surface area contributed by atoms with E-state index in [0.717, 1.165) is 0 Å². The number of H-pyrrole nitrogens is 2. The molecule has 2 amide bonds. The smallest absolute Gasteiger partial charge is 0.337 e. The zero-order valence-corrected chi connectivity index (χ0v) is 33.0. The van der Waals surface area contributed by atoms with E-state index in [9.17, 15) is 33.9 Å². The lowest BCUT2D eigenvalue weighted by Crippen LogP contribution is -2.31. The zero-order chi connectivity index (χ0) is 40.7. The van der Waals surface area contributed by atoms with E-state index in [2.05, 4.69) is 9.97 Å². The van der Waals surface area contributed by atoms with Crippen LogP contribution >= 0.6 is 46.4 Å².